The molecule has 2 aromatic carbocycles. The smallest absolute Gasteiger partial charge is 0.340 e. The van der Waals surface area contributed by atoms with Crippen LogP contribution in [-0.2, 0) is 4.74 Å². The molecule has 0 radical (unpaired) electrons. The highest BCUT2D eigenvalue weighted by Gasteiger charge is 2.36. The number of anilines is 1. The Morgan fingerprint density at radius 1 is 1.03 bits per heavy atom. The average Bonchev–Trinajstić information content (AvgIpc) is 3.34. The van der Waals surface area contributed by atoms with Gasteiger partial charge in [0.05, 0.1) is 21.6 Å². The van der Waals surface area contributed by atoms with Gasteiger partial charge in [0.1, 0.15) is 5.69 Å². The molecule has 0 bridgehead atoms. The molecule has 0 aliphatic carbocycles. The first kappa shape index (κ1) is 18.6. The van der Waals surface area contributed by atoms with Crippen LogP contribution in [0.4, 0.5) is 11.4 Å². The number of esters is 1. The summed E-state index contributed by atoms with van der Waals surface area (Å²) in [7, 11) is 0. The van der Waals surface area contributed by atoms with Gasteiger partial charge in [-0.1, -0.05) is 12.1 Å². The number of amides is 2. The molecule has 2 aliphatic rings. The molecule has 9 heteroatoms. The summed E-state index contributed by atoms with van der Waals surface area (Å²) in [4.78, 5) is 50.7. The van der Waals surface area contributed by atoms with E-state index in [-0.39, 0.29) is 22.4 Å². The third-order valence-corrected chi connectivity index (χ3v) is 5.06. The molecule has 0 atom stereocenters. The Labute approximate surface area is 165 Å². The van der Waals surface area contributed by atoms with E-state index in [4.69, 9.17) is 4.74 Å². The normalized spacial score (nSPS) is 15.6. The minimum atomic E-state index is -0.849. The fourth-order valence-electron chi connectivity index (χ4n) is 3.58. The number of nitrogens with zero attached hydrogens (tertiary/aromatic N) is 3. The van der Waals surface area contributed by atoms with Crippen LogP contribution in [-0.4, -0.2) is 47.4 Å². The zero-order valence-corrected chi connectivity index (χ0v) is 15.4. The first-order valence-corrected chi connectivity index (χ1v) is 9.13. The summed E-state index contributed by atoms with van der Waals surface area (Å²) in [5, 5.41) is 11.5. The first-order chi connectivity index (χ1) is 14.0. The lowest BCUT2D eigenvalue weighted by atomic mass is 10.1. The molecule has 0 aromatic heterocycles. The molecule has 148 valence electrons. The third-order valence-electron chi connectivity index (χ3n) is 5.06. The second-order valence-electron chi connectivity index (χ2n) is 6.80. The molecule has 4 rings (SSSR count). The van der Waals surface area contributed by atoms with Crippen molar-refractivity contribution >= 4 is 29.2 Å². The fourth-order valence-corrected chi connectivity index (χ4v) is 3.58. The van der Waals surface area contributed by atoms with E-state index < -0.39 is 29.4 Å². The van der Waals surface area contributed by atoms with Crippen molar-refractivity contribution in [1.29, 1.82) is 0 Å². The number of hydrogen-bond donors (Lipinski definition) is 0. The average molecular weight is 395 g/mol. The topological polar surface area (TPSA) is 110 Å². The minimum absolute atomic E-state index is 0.0174. The zero-order chi connectivity index (χ0) is 20.5. The third kappa shape index (κ3) is 3.31. The van der Waals surface area contributed by atoms with E-state index in [0.29, 0.717) is 5.69 Å². The number of rotatable bonds is 5. The molecule has 1 fully saturated rings. The Morgan fingerprint density at radius 2 is 1.66 bits per heavy atom. The minimum Gasteiger partial charge on any atom is -0.440 e. The summed E-state index contributed by atoms with van der Waals surface area (Å²) in [6.07, 6.45) is 1.92. The van der Waals surface area contributed by atoms with Gasteiger partial charge < -0.3 is 9.64 Å². The summed E-state index contributed by atoms with van der Waals surface area (Å²) in [5.74, 6) is -1.94. The summed E-state index contributed by atoms with van der Waals surface area (Å²) < 4.78 is 5.09. The van der Waals surface area contributed by atoms with Crippen LogP contribution in [0.15, 0.2) is 42.5 Å². The Balaban J connectivity index is 1.49. The fraction of sp³-hybridized carbons (Fsp3) is 0.250. The van der Waals surface area contributed by atoms with Gasteiger partial charge in [-0.3, -0.25) is 19.7 Å². The molecule has 0 saturated carbocycles. The van der Waals surface area contributed by atoms with Gasteiger partial charge in [0.2, 0.25) is 0 Å². The Hall–Kier alpha value is -3.75. The van der Waals surface area contributed by atoms with Crippen molar-refractivity contribution in [1.82, 2.24) is 4.90 Å². The van der Waals surface area contributed by atoms with Crippen LogP contribution in [0.5, 0.6) is 0 Å². The molecule has 0 N–H and O–H groups in total. The van der Waals surface area contributed by atoms with Crippen molar-refractivity contribution < 1.29 is 24.0 Å². The van der Waals surface area contributed by atoms with Gasteiger partial charge >= 0.3 is 5.97 Å². The molecule has 1 saturated heterocycles. The molecular formula is C20H17N3O6. The van der Waals surface area contributed by atoms with Crippen molar-refractivity contribution in [2.75, 3.05) is 24.7 Å². The SMILES string of the molecule is O=C(OCN1C(=O)c2ccccc2C1=O)c1ccc(N2CCCC2)c([N+](=O)[O-])c1. The van der Waals surface area contributed by atoms with Crippen LogP contribution < -0.4 is 4.90 Å². The van der Waals surface area contributed by atoms with Gasteiger partial charge in [0.25, 0.3) is 17.5 Å². The molecule has 0 spiro atoms. The van der Waals surface area contributed by atoms with E-state index in [1.165, 1.54) is 30.3 Å². The zero-order valence-electron chi connectivity index (χ0n) is 15.4. The summed E-state index contributed by atoms with van der Waals surface area (Å²) in [6.45, 7) is 0.890. The van der Waals surface area contributed by atoms with Crippen LogP contribution >= 0.6 is 0 Å². The van der Waals surface area contributed by atoms with Crippen molar-refractivity contribution in [3.63, 3.8) is 0 Å². The number of hydrogen-bond acceptors (Lipinski definition) is 7. The highest BCUT2D eigenvalue weighted by atomic mass is 16.6. The lowest BCUT2D eigenvalue weighted by molar-refractivity contribution is -0.384. The molecule has 0 unspecified atom stereocenters. The number of fused-ring (bicyclic) bond motifs is 1. The second kappa shape index (κ2) is 7.34. The molecular weight excluding hydrogens is 378 g/mol. The maximum absolute atomic E-state index is 12.4. The Morgan fingerprint density at radius 3 is 2.24 bits per heavy atom. The number of nitro benzene ring substituents is 1. The monoisotopic (exact) mass is 395 g/mol. The molecule has 2 amide bonds. The van der Waals surface area contributed by atoms with Gasteiger partial charge in [-0.05, 0) is 37.1 Å². The first-order valence-electron chi connectivity index (χ1n) is 9.13. The highest BCUT2D eigenvalue weighted by molar-refractivity contribution is 6.21. The Bertz CT molecular complexity index is 994. The molecule has 2 aliphatic heterocycles. The largest absolute Gasteiger partial charge is 0.440 e. The maximum Gasteiger partial charge on any atom is 0.340 e. The number of imide groups is 1. The Kier molecular flexibility index (Phi) is 4.71. The lowest BCUT2D eigenvalue weighted by Crippen LogP contribution is -2.33. The lowest BCUT2D eigenvalue weighted by Gasteiger charge is -2.18. The van der Waals surface area contributed by atoms with Crippen LogP contribution in [0, 0.1) is 10.1 Å². The molecule has 29 heavy (non-hydrogen) atoms. The van der Waals surface area contributed by atoms with Crippen LogP contribution in [0.3, 0.4) is 0 Å². The maximum atomic E-state index is 12.4. The van der Waals surface area contributed by atoms with E-state index in [0.717, 1.165) is 30.8 Å². The van der Waals surface area contributed by atoms with E-state index in [2.05, 4.69) is 0 Å². The van der Waals surface area contributed by atoms with Crippen LogP contribution in [0.1, 0.15) is 43.9 Å². The number of ether oxygens (including phenoxy) is 1. The van der Waals surface area contributed by atoms with Crippen molar-refractivity contribution in [3.05, 3.63) is 69.3 Å². The quantitative estimate of drug-likeness (QED) is 0.331. The highest BCUT2D eigenvalue weighted by Crippen LogP contribution is 2.32. The van der Waals surface area contributed by atoms with Gasteiger partial charge in [-0.2, -0.15) is 0 Å². The number of nitro groups is 1. The van der Waals surface area contributed by atoms with Crippen molar-refractivity contribution in [3.8, 4) is 0 Å². The summed E-state index contributed by atoms with van der Waals surface area (Å²) >= 11 is 0. The summed E-state index contributed by atoms with van der Waals surface area (Å²) in [6, 6.07) is 10.5. The van der Waals surface area contributed by atoms with E-state index in [1.807, 2.05) is 4.90 Å². The number of carbonyl (C=O) groups is 3. The van der Waals surface area contributed by atoms with Crippen LogP contribution in [0.25, 0.3) is 0 Å². The molecule has 2 aromatic rings. The second-order valence-corrected chi connectivity index (χ2v) is 6.80. The van der Waals surface area contributed by atoms with Gasteiger partial charge in [0.15, 0.2) is 6.73 Å². The van der Waals surface area contributed by atoms with E-state index in [9.17, 15) is 24.5 Å². The van der Waals surface area contributed by atoms with Crippen molar-refractivity contribution in [2.45, 2.75) is 12.8 Å². The van der Waals surface area contributed by atoms with Gasteiger partial charge in [-0.15, -0.1) is 0 Å². The van der Waals surface area contributed by atoms with Gasteiger partial charge in [0, 0.05) is 19.2 Å². The van der Waals surface area contributed by atoms with E-state index >= 15 is 0 Å². The molecule has 2 heterocycles. The van der Waals surface area contributed by atoms with E-state index in [1.54, 1.807) is 12.1 Å². The summed E-state index contributed by atoms with van der Waals surface area (Å²) in [5.41, 5.74) is 0.765. The molecule has 9 nitrogen and oxygen atoms in total. The van der Waals surface area contributed by atoms with Gasteiger partial charge in [-0.25, -0.2) is 9.69 Å². The number of benzene rings is 2. The van der Waals surface area contributed by atoms with Crippen molar-refractivity contribution in [2.24, 2.45) is 0 Å². The predicted octanol–water partition coefficient (Wildman–Crippen LogP) is 2.61. The predicted molar refractivity (Wildman–Crippen MR) is 102 cm³/mol. The van der Waals surface area contributed by atoms with Crippen LogP contribution in [0.2, 0.25) is 0 Å². The standard InChI is InChI=1S/C20H17N3O6/c24-18-14-5-1-2-6-15(14)19(25)22(18)12-29-20(26)13-7-8-16(17(11-13)23(27)28)21-9-3-4-10-21/h1-2,5-8,11H,3-4,9-10,12H2. The number of carbonyl (C=O) groups excluding carboxylic acids is 3.